The number of nitrogens with two attached hydrogens (primary N) is 1. The lowest BCUT2D eigenvalue weighted by molar-refractivity contribution is 0.900. The molecule has 0 aliphatic rings. The Morgan fingerprint density at radius 2 is 1.75 bits per heavy atom. The Balaban J connectivity index is 0. The van der Waals surface area contributed by atoms with Crippen LogP contribution >= 0.6 is 0 Å². The van der Waals surface area contributed by atoms with E-state index in [0.717, 1.165) is 0 Å². The van der Waals surface area contributed by atoms with E-state index in [2.05, 4.69) is 11.3 Å². The maximum absolute atomic E-state index is 4.60. The first kappa shape index (κ1) is 9.14. The molecular weight excluding hydrogens is 59.0 g/mol. The summed E-state index contributed by atoms with van der Waals surface area (Å²) in [5.74, 6) is 4.60. The fourth-order valence-corrected chi connectivity index (χ4v) is 0. The summed E-state index contributed by atoms with van der Waals surface area (Å²) in [7, 11) is 1.65. The summed E-state index contributed by atoms with van der Waals surface area (Å²) in [6.07, 6.45) is 0. The summed E-state index contributed by atoms with van der Waals surface area (Å²) in [6.45, 7) is 0. The Morgan fingerprint density at radius 1 is 1.75 bits per heavy atom. The van der Waals surface area contributed by atoms with Crippen LogP contribution in [0.1, 0.15) is 0 Å². The van der Waals surface area contributed by atoms with E-state index in [0.29, 0.717) is 0 Å². The smallest absolute Gasteiger partial charge is 0.00172 e. The van der Waals surface area contributed by atoms with Crippen LogP contribution in [0.25, 0.3) is 0 Å². The monoisotopic (exact) mass is 66.1 g/mol. The molecule has 0 fully saturated rings. The number of hydrogen-bond donors (Lipinski definition) is 2. The molecule has 0 aliphatic carbocycles. The van der Waals surface area contributed by atoms with Gasteiger partial charge in [-0.25, -0.2) is 0 Å². The van der Waals surface area contributed by atoms with Crippen LogP contribution in [0.4, 0.5) is 4.70 Å². The standard InChI is InChI=1S/CH6N2.FH/c1-3-2;/h3H,2H2,1H3;1H. The second-order valence-corrected chi connectivity index (χ2v) is 0.289. The number of hydrogen-bond acceptors (Lipinski definition) is 2. The molecule has 2 nitrogen and oxygen atoms in total. The second-order valence-electron chi connectivity index (χ2n) is 0.289. The first-order valence-corrected chi connectivity index (χ1v) is 0.789. The molecule has 0 atom stereocenters. The fourth-order valence-electron chi connectivity index (χ4n) is 0. The SMILES string of the molecule is CNN.F. The Bertz CT molecular complexity index is 6.00. The molecule has 0 aliphatic heterocycles. The van der Waals surface area contributed by atoms with Crippen molar-refractivity contribution in [2.24, 2.45) is 5.84 Å². The van der Waals surface area contributed by atoms with E-state index >= 15 is 0 Å². The Kier molecular flexibility index (Phi) is 30.8. The molecule has 0 radical (unpaired) electrons. The van der Waals surface area contributed by atoms with Crippen molar-refractivity contribution in [1.82, 2.24) is 5.43 Å². The van der Waals surface area contributed by atoms with Crippen molar-refractivity contribution < 1.29 is 4.70 Å². The van der Waals surface area contributed by atoms with Gasteiger partial charge in [0, 0.05) is 0 Å². The molecule has 0 aromatic heterocycles. The molecule has 0 unspecified atom stereocenters. The van der Waals surface area contributed by atoms with Gasteiger partial charge in [-0.1, -0.05) is 0 Å². The highest BCUT2D eigenvalue weighted by Gasteiger charge is 1.22. The lowest BCUT2D eigenvalue weighted by atomic mass is 11.5. The van der Waals surface area contributed by atoms with Crippen molar-refractivity contribution in [2.75, 3.05) is 7.05 Å². The van der Waals surface area contributed by atoms with Gasteiger partial charge in [0.15, 0.2) is 0 Å². The zero-order chi connectivity index (χ0) is 2.71. The highest BCUT2D eigenvalue weighted by atomic mass is 19.0. The fraction of sp³-hybridized carbons (Fsp3) is 1.00. The van der Waals surface area contributed by atoms with Crippen molar-refractivity contribution in [3.63, 3.8) is 0 Å². The Hall–Kier alpha value is -0.150. The summed E-state index contributed by atoms with van der Waals surface area (Å²) in [5.41, 5.74) is 2.25. The molecule has 0 aromatic rings. The molecule has 0 bridgehead atoms. The molecular formula is CH7FN2. The average molecular weight is 66.1 g/mol. The van der Waals surface area contributed by atoms with Crippen LogP contribution in [0.15, 0.2) is 0 Å². The zero-order valence-corrected chi connectivity index (χ0v) is 2.49. The van der Waals surface area contributed by atoms with Crippen LogP contribution in [0, 0.1) is 0 Å². The van der Waals surface area contributed by atoms with Crippen LogP contribution in [-0.2, 0) is 0 Å². The predicted octanol–water partition coefficient (Wildman–Crippen LogP) is -0.768. The minimum Gasteiger partial charge on any atom is -0.272 e. The number of hydrazine groups is 1. The highest BCUT2D eigenvalue weighted by Crippen LogP contribution is 0.817. The van der Waals surface area contributed by atoms with Gasteiger partial charge < -0.3 is 0 Å². The van der Waals surface area contributed by atoms with Gasteiger partial charge in [-0.05, 0) is 7.05 Å². The maximum atomic E-state index is 4.60. The van der Waals surface area contributed by atoms with Gasteiger partial charge in [0.05, 0.1) is 0 Å². The van der Waals surface area contributed by atoms with Crippen LogP contribution < -0.4 is 11.3 Å². The molecule has 28 valence electrons. The van der Waals surface area contributed by atoms with Gasteiger partial charge in [0.25, 0.3) is 0 Å². The van der Waals surface area contributed by atoms with E-state index in [1.165, 1.54) is 0 Å². The molecule has 0 heterocycles. The molecule has 0 aromatic carbocycles. The Labute approximate surface area is 24.3 Å². The van der Waals surface area contributed by atoms with Crippen molar-refractivity contribution in [2.45, 2.75) is 0 Å². The second kappa shape index (κ2) is 13.5. The molecule has 0 spiro atoms. The third kappa shape index (κ3) is 59.4. The third-order valence-electron chi connectivity index (χ3n) is 0. The van der Waals surface area contributed by atoms with E-state index in [-0.39, 0.29) is 4.70 Å². The van der Waals surface area contributed by atoms with Crippen molar-refractivity contribution in [3.05, 3.63) is 0 Å². The summed E-state index contributed by atoms with van der Waals surface area (Å²) in [5, 5.41) is 0. The largest absolute Gasteiger partial charge is 0.272 e. The number of rotatable bonds is 0. The van der Waals surface area contributed by atoms with E-state index in [1.54, 1.807) is 7.05 Å². The predicted molar refractivity (Wildman–Crippen MR) is 15.8 cm³/mol. The minimum absolute atomic E-state index is 0. The normalized spacial score (nSPS) is 4.50. The lowest BCUT2D eigenvalue weighted by Gasteiger charge is -1.62. The van der Waals surface area contributed by atoms with Gasteiger partial charge in [-0.15, -0.1) is 0 Å². The lowest BCUT2D eigenvalue weighted by Crippen LogP contribution is -2.13. The topological polar surface area (TPSA) is 38.0 Å². The summed E-state index contributed by atoms with van der Waals surface area (Å²) in [4.78, 5) is 0. The van der Waals surface area contributed by atoms with Crippen LogP contribution in [-0.4, -0.2) is 7.05 Å². The Morgan fingerprint density at radius 3 is 1.75 bits per heavy atom. The van der Waals surface area contributed by atoms with E-state index in [9.17, 15) is 0 Å². The molecule has 0 amide bonds. The van der Waals surface area contributed by atoms with Gasteiger partial charge in [-0.3, -0.25) is 16.0 Å². The van der Waals surface area contributed by atoms with E-state index < -0.39 is 0 Å². The van der Waals surface area contributed by atoms with Gasteiger partial charge in [-0.2, -0.15) is 0 Å². The molecule has 0 saturated heterocycles. The molecule has 0 rings (SSSR count). The van der Waals surface area contributed by atoms with Crippen LogP contribution in [0.2, 0.25) is 0 Å². The average Bonchev–Trinajstić information content (AvgIpc) is 0.918. The van der Waals surface area contributed by atoms with Crippen LogP contribution in [0.5, 0.6) is 0 Å². The molecule has 3 N–H and O–H groups in total. The minimum atomic E-state index is 0. The van der Waals surface area contributed by atoms with Crippen molar-refractivity contribution in [1.29, 1.82) is 0 Å². The van der Waals surface area contributed by atoms with Gasteiger partial charge in [0.2, 0.25) is 0 Å². The van der Waals surface area contributed by atoms with Crippen molar-refractivity contribution >= 4 is 0 Å². The molecule has 4 heavy (non-hydrogen) atoms. The van der Waals surface area contributed by atoms with Gasteiger partial charge >= 0.3 is 0 Å². The first-order chi connectivity index (χ1) is 1.41. The molecule has 0 saturated carbocycles. The van der Waals surface area contributed by atoms with Crippen LogP contribution in [0.3, 0.4) is 0 Å². The number of nitrogens with one attached hydrogen (secondary N) is 1. The number of halogens is 1. The van der Waals surface area contributed by atoms with Crippen molar-refractivity contribution in [3.8, 4) is 0 Å². The first-order valence-electron chi connectivity index (χ1n) is 0.789. The summed E-state index contributed by atoms with van der Waals surface area (Å²) < 4.78 is 0. The summed E-state index contributed by atoms with van der Waals surface area (Å²) in [6, 6.07) is 0. The quantitative estimate of drug-likeness (QED) is 0.288. The third-order valence-corrected chi connectivity index (χ3v) is 0. The van der Waals surface area contributed by atoms with E-state index in [4.69, 9.17) is 0 Å². The highest BCUT2D eigenvalue weighted by molar-refractivity contribution is 3.79. The zero-order valence-electron chi connectivity index (χ0n) is 2.49. The maximum Gasteiger partial charge on any atom is -0.00172 e. The molecule has 3 heteroatoms. The van der Waals surface area contributed by atoms with E-state index in [1.807, 2.05) is 0 Å². The van der Waals surface area contributed by atoms with Gasteiger partial charge in [0.1, 0.15) is 0 Å². The summed E-state index contributed by atoms with van der Waals surface area (Å²) >= 11 is 0.